The van der Waals surface area contributed by atoms with Crippen LogP contribution in [0.5, 0.6) is 0 Å². The summed E-state index contributed by atoms with van der Waals surface area (Å²) in [6.45, 7) is 2.06. The predicted molar refractivity (Wildman–Crippen MR) is 75.7 cm³/mol. The molecule has 0 aromatic heterocycles. The number of para-hydroxylation sites is 1. The molecule has 5 heteroatoms. The third kappa shape index (κ3) is 6.76. The summed E-state index contributed by atoms with van der Waals surface area (Å²) in [6, 6.07) is 6.44. The van der Waals surface area contributed by atoms with Crippen molar-refractivity contribution in [1.82, 2.24) is 10.2 Å². The van der Waals surface area contributed by atoms with Crippen LogP contribution in [0.15, 0.2) is 24.3 Å². The molecule has 0 aliphatic rings. The van der Waals surface area contributed by atoms with Crippen molar-refractivity contribution in [3.8, 4) is 0 Å². The Labute approximate surface area is 114 Å². The summed E-state index contributed by atoms with van der Waals surface area (Å²) in [5.74, 6) is -0.309. The largest absolute Gasteiger partial charge is 0.382 e. The maximum absolute atomic E-state index is 13.3. The van der Waals surface area contributed by atoms with Gasteiger partial charge in [0.15, 0.2) is 0 Å². The molecule has 0 radical (unpaired) electrons. The smallest absolute Gasteiger partial charge is 0.221 e. The van der Waals surface area contributed by atoms with Gasteiger partial charge >= 0.3 is 0 Å². The number of rotatable bonds is 8. The SMILES string of the molecule is CN(C)CCCNC(=O)CCNc1ccccc1F. The Bertz CT molecular complexity index is 396. The number of amides is 1. The van der Waals surface area contributed by atoms with E-state index < -0.39 is 0 Å². The summed E-state index contributed by atoms with van der Waals surface area (Å²) >= 11 is 0. The van der Waals surface area contributed by atoms with E-state index in [2.05, 4.69) is 15.5 Å². The van der Waals surface area contributed by atoms with Crippen molar-refractivity contribution in [2.75, 3.05) is 39.0 Å². The minimum Gasteiger partial charge on any atom is -0.382 e. The standard InChI is InChI=1S/C14H22FN3O/c1-18(2)11-5-9-17-14(19)8-10-16-13-7-4-3-6-12(13)15/h3-4,6-7,16H,5,8-11H2,1-2H3,(H,17,19). The van der Waals surface area contributed by atoms with Crippen LogP contribution in [0.3, 0.4) is 0 Å². The molecule has 1 aromatic rings. The number of benzene rings is 1. The number of anilines is 1. The molecule has 1 aromatic carbocycles. The van der Waals surface area contributed by atoms with Crippen molar-refractivity contribution >= 4 is 11.6 Å². The zero-order valence-electron chi connectivity index (χ0n) is 11.6. The van der Waals surface area contributed by atoms with Crippen LogP contribution >= 0.6 is 0 Å². The van der Waals surface area contributed by atoms with Crippen LogP contribution in [0.25, 0.3) is 0 Å². The number of halogens is 1. The summed E-state index contributed by atoms with van der Waals surface area (Å²) in [7, 11) is 4.00. The predicted octanol–water partition coefficient (Wildman–Crippen LogP) is 1.70. The second kappa shape index (κ2) is 8.48. The van der Waals surface area contributed by atoms with Gasteiger partial charge in [0, 0.05) is 19.5 Å². The summed E-state index contributed by atoms with van der Waals surface area (Å²) in [5.41, 5.74) is 0.433. The second-order valence-corrected chi connectivity index (χ2v) is 4.66. The molecular weight excluding hydrogens is 245 g/mol. The Morgan fingerprint density at radius 1 is 1.26 bits per heavy atom. The van der Waals surface area contributed by atoms with Crippen molar-refractivity contribution < 1.29 is 9.18 Å². The average molecular weight is 267 g/mol. The van der Waals surface area contributed by atoms with Gasteiger partial charge in [-0.05, 0) is 39.2 Å². The Hall–Kier alpha value is -1.62. The van der Waals surface area contributed by atoms with Crippen LogP contribution in [-0.2, 0) is 4.79 Å². The van der Waals surface area contributed by atoms with E-state index in [1.807, 2.05) is 14.1 Å². The zero-order valence-corrected chi connectivity index (χ0v) is 11.6. The van der Waals surface area contributed by atoms with E-state index in [4.69, 9.17) is 0 Å². The Morgan fingerprint density at radius 2 is 2.00 bits per heavy atom. The van der Waals surface area contributed by atoms with Crippen molar-refractivity contribution in [3.05, 3.63) is 30.1 Å². The number of hydrogen-bond acceptors (Lipinski definition) is 3. The van der Waals surface area contributed by atoms with Gasteiger partial charge in [-0.15, -0.1) is 0 Å². The molecule has 2 N–H and O–H groups in total. The highest BCUT2D eigenvalue weighted by atomic mass is 19.1. The van der Waals surface area contributed by atoms with Gasteiger partial charge in [0.1, 0.15) is 5.82 Å². The third-order valence-corrected chi connectivity index (χ3v) is 2.65. The van der Waals surface area contributed by atoms with E-state index in [0.29, 0.717) is 25.2 Å². The van der Waals surface area contributed by atoms with E-state index >= 15 is 0 Å². The first-order valence-corrected chi connectivity index (χ1v) is 6.49. The molecule has 0 spiro atoms. The quantitative estimate of drug-likeness (QED) is 0.705. The van der Waals surface area contributed by atoms with Crippen molar-refractivity contribution in [3.63, 3.8) is 0 Å². The number of carbonyl (C=O) groups excluding carboxylic acids is 1. The maximum Gasteiger partial charge on any atom is 0.221 e. The molecule has 0 unspecified atom stereocenters. The van der Waals surface area contributed by atoms with E-state index in [1.165, 1.54) is 6.07 Å². The van der Waals surface area contributed by atoms with Crippen LogP contribution in [0.1, 0.15) is 12.8 Å². The Balaban J connectivity index is 2.12. The maximum atomic E-state index is 13.3. The molecule has 1 rings (SSSR count). The van der Waals surface area contributed by atoms with Gasteiger partial charge in [-0.25, -0.2) is 4.39 Å². The molecule has 0 saturated carbocycles. The molecule has 1 amide bonds. The molecule has 0 fully saturated rings. The lowest BCUT2D eigenvalue weighted by atomic mass is 10.3. The number of carbonyl (C=O) groups is 1. The highest BCUT2D eigenvalue weighted by Gasteiger charge is 2.02. The van der Waals surface area contributed by atoms with Crippen molar-refractivity contribution in [1.29, 1.82) is 0 Å². The minimum atomic E-state index is -0.297. The zero-order chi connectivity index (χ0) is 14.1. The summed E-state index contributed by atoms with van der Waals surface area (Å²) in [6.07, 6.45) is 1.27. The van der Waals surface area contributed by atoms with Gasteiger partial charge < -0.3 is 15.5 Å². The second-order valence-electron chi connectivity index (χ2n) is 4.66. The molecule has 0 heterocycles. The fourth-order valence-electron chi connectivity index (χ4n) is 1.63. The van der Waals surface area contributed by atoms with Crippen LogP contribution in [0.2, 0.25) is 0 Å². The normalized spacial score (nSPS) is 10.5. The fraction of sp³-hybridized carbons (Fsp3) is 0.500. The van der Waals surface area contributed by atoms with Crippen LogP contribution in [0, 0.1) is 5.82 Å². The Kier molecular flexibility index (Phi) is 6.89. The molecular formula is C14H22FN3O. The molecule has 19 heavy (non-hydrogen) atoms. The van der Waals surface area contributed by atoms with Gasteiger partial charge in [-0.2, -0.15) is 0 Å². The van der Waals surface area contributed by atoms with Gasteiger partial charge in [0.25, 0.3) is 0 Å². The van der Waals surface area contributed by atoms with Gasteiger partial charge in [0.05, 0.1) is 5.69 Å². The lowest BCUT2D eigenvalue weighted by Crippen LogP contribution is -2.28. The first-order chi connectivity index (χ1) is 9.09. The first-order valence-electron chi connectivity index (χ1n) is 6.49. The highest BCUT2D eigenvalue weighted by molar-refractivity contribution is 5.76. The highest BCUT2D eigenvalue weighted by Crippen LogP contribution is 2.11. The van der Waals surface area contributed by atoms with Crippen molar-refractivity contribution in [2.24, 2.45) is 0 Å². The van der Waals surface area contributed by atoms with E-state index in [-0.39, 0.29) is 11.7 Å². The van der Waals surface area contributed by atoms with E-state index in [0.717, 1.165) is 13.0 Å². The molecule has 0 saturated heterocycles. The summed E-state index contributed by atoms with van der Waals surface area (Å²) in [5, 5.41) is 5.75. The van der Waals surface area contributed by atoms with E-state index in [1.54, 1.807) is 18.2 Å². The average Bonchev–Trinajstić information content (AvgIpc) is 2.37. The lowest BCUT2D eigenvalue weighted by molar-refractivity contribution is -0.120. The lowest BCUT2D eigenvalue weighted by Gasteiger charge is -2.10. The molecule has 106 valence electrons. The van der Waals surface area contributed by atoms with Crippen LogP contribution in [0.4, 0.5) is 10.1 Å². The molecule has 0 atom stereocenters. The molecule has 0 aliphatic heterocycles. The fourth-order valence-corrected chi connectivity index (χ4v) is 1.63. The molecule has 0 aliphatic carbocycles. The van der Waals surface area contributed by atoms with Crippen molar-refractivity contribution in [2.45, 2.75) is 12.8 Å². The van der Waals surface area contributed by atoms with Gasteiger partial charge in [-0.1, -0.05) is 12.1 Å². The van der Waals surface area contributed by atoms with Crippen LogP contribution in [-0.4, -0.2) is 44.5 Å². The number of nitrogens with zero attached hydrogens (tertiary/aromatic N) is 1. The third-order valence-electron chi connectivity index (χ3n) is 2.65. The van der Waals surface area contributed by atoms with E-state index in [9.17, 15) is 9.18 Å². The Morgan fingerprint density at radius 3 is 2.68 bits per heavy atom. The molecule has 0 bridgehead atoms. The molecule has 4 nitrogen and oxygen atoms in total. The summed E-state index contributed by atoms with van der Waals surface area (Å²) in [4.78, 5) is 13.6. The number of hydrogen-bond donors (Lipinski definition) is 2. The first kappa shape index (κ1) is 15.4. The number of nitrogens with one attached hydrogen (secondary N) is 2. The minimum absolute atomic E-state index is 0.0115. The monoisotopic (exact) mass is 267 g/mol. The van der Waals surface area contributed by atoms with Gasteiger partial charge in [0.2, 0.25) is 5.91 Å². The van der Waals surface area contributed by atoms with Crippen LogP contribution < -0.4 is 10.6 Å². The van der Waals surface area contributed by atoms with Gasteiger partial charge in [-0.3, -0.25) is 4.79 Å². The topological polar surface area (TPSA) is 44.4 Å². The summed E-state index contributed by atoms with van der Waals surface area (Å²) < 4.78 is 13.3.